The maximum absolute atomic E-state index is 14.3. The molecule has 7 saturated carbocycles. The van der Waals surface area contributed by atoms with Crippen molar-refractivity contribution in [3.63, 3.8) is 0 Å². The van der Waals surface area contributed by atoms with Crippen LogP contribution in [0.1, 0.15) is 130 Å². The average molecular weight is 717 g/mol. The highest BCUT2D eigenvalue weighted by atomic mass is 16.6. The fourth-order valence-electron chi connectivity index (χ4n) is 12.7. The summed E-state index contributed by atoms with van der Waals surface area (Å²) in [6.07, 6.45) is 18.6. The molecule has 0 saturated heterocycles. The van der Waals surface area contributed by atoms with Crippen LogP contribution in [0.3, 0.4) is 0 Å². The summed E-state index contributed by atoms with van der Waals surface area (Å²) in [5, 5.41) is 0. The average Bonchev–Trinajstić information content (AvgIpc) is 3.96. The van der Waals surface area contributed by atoms with Gasteiger partial charge in [0.1, 0.15) is 23.4 Å². The number of fused-ring (bicyclic) bond motifs is 6. The van der Waals surface area contributed by atoms with E-state index in [0.29, 0.717) is 68.1 Å². The summed E-state index contributed by atoms with van der Waals surface area (Å²) < 4.78 is 25.4. The molecule has 0 amide bonds. The van der Waals surface area contributed by atoms with E-state index in [9.17, 15) is 19.2 Å². The molecule has 284 valence electrons. The molecule has 0 aromatic carbocycles. The zero-order valence-corrected chi connectivity index (χ0v) is 31.7. The topological polar surface area (TPSA) is 105 Å². The van der Waals surface area contributed by atoms with E-state index < -0.39 is 52.0 Å². The Bertz CT molecular complexity index is 1530. The van der Waals surface area contributed by atoms with E-state index in [-0.39, 0.29) is 23.9 Å². The van der Waals surface area contributed by atoms with Crippen LogP contribution >= 0.6 is 0 Å². The van der Waals surface area contributed by atoms with Gasteiger partial charge in [0.25, 0.3) is 0 Å². The smallest absolute Gasteiger partial charge is 0.324 e. The minimum Gasteiger partial charge on any atom is -0.461 e. The van der Waals surface area contributed by atoms with Gasteiger partial charge in [-0.3, -0.25) is 19.2 Å². The minimum absolute atomic E-state index is 0.159. The highest BCUT2D eigenvalue weighted by molar-refractivity contribution is 6.05. The number of carbonyl (C=O) groups is 4. The van der Waals surface area contributed by atoms with Gasteiger partial charge < -0.3 is 18.9 Å². The lowest BCUT2D eigenvalue weighted by molar-refractivity contribution is -0.197. The molecule has 0 radical (unpaired) electrons. The molecule has 8 aliphatic rings. The number of carbonyl (C=O) groups excluding carboxylic acids is 4. The van der Waals surface area contributed by atoms with Crippen molar-refractivity contribution in [1.82, 2.24) is 0 Å². The van der Waals surface area contributed by atoms with E-state index in [2.05, 4.69) is 40.0 Å². The van der Waals surface area contributed by atoms with Crippen molar-refractivity contribution in [2.75, 3.05) is 0 Å². The number of rotatable bonds is 10. The number of hydrogen-bond acceptors (Lipinski definition) is 8. The molecule has 0 heterocycles. The molecule has 8 nitrogen and oxygen atoms in total. The van der Waals surface area contributed by atoms with Gasteiger partial charge in [-0.2, -0.15) is 0 Å². The summed E-state index contributed by atoms with van der Waals surface area (Å²) in [4.78, 5) is 56.4. The number of esters is 4. The lowest BCUT2D eigenvalue weighted by Crippen LogP contribution is -2.52. The Balaban J connectivity index is 0.957. The SMILES string of the molecule is C=CC1CC1(C(=O)OC1CC2CC(C)CC(OC(=O)C3(C(=O)OC4CC5CC(C)CC(C5)C4)CC3C=C)(C2)C1)C(=O)OC12CCCC(=CC(C)C1)C2. The minimum atomic E-state index is -1.38. The summed E-state index contributed by atoms with van der Waals surface area (Å²) >= 11 is 0. The first-order chi connectivity index (χ1) is 24.8. The van der Waals surface area contributed by atoms with Gasteiger partial charge in [0.05, 0.1) is 0 Å². The van der Waals surface area contributed by atoms with Crippen LogP contribution in [0.2, 0.25) is 0 Å². The molecule has 12 unspecified atom stereocenters. The Hall–Kier alpha value is -2.90. The van der Waals surface area contributed by atoms with E-state index in [1.807, 2.05) is 0 Å². The van der Waals surface area contributed by atoms with E-state index >= 15 is 0 Å². The van der Waals surface area contributed by atoms with Crippen LogP contribution in [-0.4, -0.2) is 47.3 Å². The van der Waals surface area contributed by atoms with E-state index in [0.717, 1.165) is 51.4 Å². The van der Waals surface area contributed by atoms with Gasteiger partial charge in [-0.05, 0) is 132 Å². The van der Waals surface area contributed by atoms with Gasteiger partial charge in [0, 0.05) is 24.7 Å². The van der Waals surface area contributed by atoms with Gasteiger partial charge in [-0.25, -0.2) is 0 Å². The standard InChI is InChI=1S/C44H60O8/c1-6-33-23-43(33,37(45)49-35-16-30-11-26(3)12-31(15-30)17-35)40(48)52-42-20-28(5)14-32(22-42)18-36(25-42)50-38(46)44(24-34(44)7-2)39(47)51-41-10-8-9-29(21-41)13-27(4)19-41/h6-7,13,26-28,30-36H,1-2,8-12,14-25H2,3-5H3. The van der Waals surface area contributed by atoms with E-state index in [1.54, 1.807) is 12.2 Å². The second kappa shape index (κ2) is 13.1. The van der Waals surface area contributed by atoms with Gasteiger partial charge in [0.2, 0.25) is 0 Å². The van der Waals surface area contributed by atoms with Crippen LogP contribution in [0.25, 0.3) is 0 Å². The summed E-state index contributed by atoms with van der Waals surface area (Å²) in [7, 11) is 0. The number of allylic oxidation sites excluding steroid dienone is 3. The summed E-state index contributed by atoms with van der Waals surface area (Å²) in [5.74, 6) is 0.0197. The first-order valence-corrected chi connectivity index (χ1v) is 20.6. The lowest BCUT2D eigenvalue weighted by Gasteiger charge is -2.49. The second-order valence-corrected chi connectivity index (χ2v) is 19.3. The summed E-state index contributed by atoms with van der Waals surface area (Å²) in [6.45, 7) is 14.5. The fraction of sp³-hybridized carbons (Fsp3) is 0.773. The maximum Gasteiger partial charge on any atom is 0.324 e. The highest BCUT2D eigenvalue weighted by Gasteiger charge is 2.70. The van der Waals surface area contributed by atoms with Crippen molar-refractivity contribution >= 4 is 23.9 Å². The third kappa shape index (κ3) is 6.40. The monoisotopic (exact) mass is 716 g/mol. The van der Waals surface area contributed by atoms with Crippen LogP contribution in [0, 0.1) is 58.2 Å². The molecule has 0 aromatic rings. The van der Waals surface area contributed by atoms with E-state index in [4.69, 9.17) is 18.9 Å². The zero-order chi connectivity index (χ0) is 36.6. The quantitative estimate of drug-likeness (QED) is 0.0962. The molecule has 8 heteroatoms. The third-order valence-electron chi connectivity index (χ3n) is 14.8. The third-order valence-corrected chi connectivity index (χ3v) is 14.8. The molecule has 0 N–H and O–H groups in total. The predicted molar refractivity (Wildman–Crippen MR) is 194 cm³/mol. The fourth-order valence-corrected chi connectivity index (χ4v) is 12.7. The van der Waals surface area contributed by atoms with Crippen LogP contribution in [0.5, 0.6) is 0 Å². The first-order valence-electron chi connectivity index (χ1n) is 20.6. The molecule has 12 atom stereocenters. The zero-order valence-electron chi connectivity index (χ0n) is 31.7. The normalized spacial score (nSPS) is 47.1. The van der Waals surface area contributed by atoms with Gasteiger partial charge in [0.15, 0.2) is 10.8 Å². The molecule has 6 bridgehead atoms. The second-order valence-electron chi connectivity index (χ2n) is 19.3. The van der Waals surface area contributed by atoms with Crippen molar-refractivity contribution in [3.05, 3.63) is 37.0 Å². The van der Waals surface area contributed by atoms with Crippen LogP contribution in [0.4, 0.5) is 0 Å². The maximum atomic E-state index is 14.3. The molecule has 0 spiro atoms. The predicted octanol–water partition coefficient (Wildman–Crippen LogP) is 8.38. The molecule has 0 aliphatic heterocycles. The van der Waals surface area contributed by atoms with Crippen molar-refractivity contribution in [1.29, 1.82) is 0 Å². The van der Waals surface area contributed by atoms with Crippen LogP contribution in [0.15, 0.2) is 37.0 Å². The number of hydrogen-bond donors (Lipinski definition) is 0. The molecule has 7 fully saturated rings. The Morgan fingerprint density at radius 2 is 1.21 bits per heavy atom. The molecular formula is C44H60O8. The first kappa shape index (κ1) is 36.1. The van der Waals surface area contributed by atoms with E-state index in [1.165, 1.54) is 24.8 Å². The number of ether oxygens (including phenoxy) is 4. The molecule has 0 aromatic heterocycles. The lowest BCUT2D eigenvalue weighted by atomic mass is 9.64. The molecule has 8 rings (SSSR count). The summed E-state index contributed by atoms with van der Waals surface area (Å²) in [5.41, 5.74) is -2.82. The van der Waals surface area contributed by atoms with Crippen molar-refractivity contribution in [2.24, 2.45) is 58.2 Å². The summed E-state index contributed by atoms with van der Waals surface area (Å²) in [6, 6.07) is 0. The molecule has 8 aliphatic carbocycles. The van der Waals surface area contributed by atoms with Gasteiger partial charge in [-0.15, -0.1) is 13.2 Å². The van der Waals surface area contributed by atoms with Gasteiger partial charge >= 0.3 is 23.9 Å². The Morgan fingerprint density at radius 3 is 1.83 bits per heavy atom. The van der Waals surface area contributed by atoms with Crippen LogP contribution < -0.4 is 0 Å². The Labute approximate surface area is 309 Å². The molecule has 52 heavy (non-hydrogen) atoms. The highest BCUT2D eigenvalue weighted by Crippen LogP contribution is 2.60. The molecular weight excluding hydrogens is 656 g/mol. The largest absolute Gasteiger partial charge is 0.461 e. The Kier molecular flexibility index (Phi) is 9.12. The van der Waals surface area contributed by atoms with Gasteiger partial charge in [-0.1, -0.05) is 44.6 Å². The van der Waals surface area contributed by atoms with Crippen molar-refractivity contribution in [3.8, 4) is 0 Å². The Morgan fingerprint density at radius 1 is 0.635 bits per heavy atom. The van der Waals surface area contributed by atoms with Crippen LogP contribution in [-0.2, 0) is 38.1 Å². The van der Waals surface area contributed by atoms with Crippen molar-refractivity contribution < 1.29 is 38.1 Å². The van der Waals surface area contributed by atoms with Crippen molar-refractivity contribution in [2.45, 2.75) is 153 Å².